The number of sulfonamides is 1. The molecule has 1 N–H and O–H groups in total. The van der Waals surface area contributed by atoms with E-state index >= 15 is 0 Å². The molecule has 0 aromatic heterocycles. The highest BCUT2D eigenvalue weighted by Crippen LogP contribution is 2.28. The zero-order valence-corrected chi connectivity index (χ0v) is 12.0. The quantitative estimate of drug-likeness (QED) is 0.471. The molecule has 0 amide bonds. The van der Waals surface area contributed by atoms with E-state index in [1.54, 1.807) is 0 Å². The number of nitro benzene ring substituents is 1. The van der Waals surface area contributed by atoms with E-state index in [0.717, 1.165) is 18.2 Å². The van der Waals surface area contributed by atoms with Crippen molar-refractivity contribution < 1.29 is 23.2 Å². The summed E-state index contributed by atoms with van der Waals surface area (Å²) >= 11 is 5.74. The van der Waals surface area contributed by atoms with Crippen molar-refractivity contribution in [3.05, 3.63) is 33.3 Å². The topological polar surface area (TPSA) is 118 Å². The number of carboxylic acids is 1. The highest BCUT2D eigenvalue weighted by atomic mass is 35.5. The molecule has 1 rings (SSSR count). The molecule has 0 unspecified atom stereocenters. The van der Waals surface area contributed by atoms with Crippen LogP contribution in [0.3, 0.4) is 0 Å². The number of carbonyl (C=O) groups is 1. The molecule has 0 saturated carbocycles. The highest BCUT2D eigenvalue weighted by Gasteiger charge is 2.29. The van der Waals surface area contributed by atoms with E-state index in [4.69, 9.17) is 23.1 Å². The van der Waals surface area contributed by atoms with Gasteiger partial charge in [0.2, 0.25) is 10.0 Å². The molecule has 0 bridgehead atoms. The minimum Gasteiger partial charge on any atom is -0.480 e. The van der Waals surface area contributed by atoms with Crippen LogP contribution in [0.1, 0.15) is 0 Å². The molecule has 0 radical (unpaired) electrons. The lowest BCUT2D eigenvalue weighted by molar-refractivity contribution is -0.385. The maximum atomic E-state index is 12.3. The standard InChI is InChI=1S/C11H9ClN2O6S/c1-2-5-13(7-11(15)16)21(19,20)10-6-8(14(17)18)3-4-9(10)12/h1,3-4,6H,5,7H2,(H,15,16). The first-order valence-corrected chi connectivity index (χ1v) is 7.11. The van der Waals surface area contributed by atoms with Crippen molar-refractivity contribution in [2.45, 2.75) is 4.90 Å². The number of hydrogen-bond donors (Lipinski definition) is 1. The van der Waals surface area contributed by atoms with Gasteiger partial charge in [-0.2, -0.15) is 4.31 Å². The predicted octanol–water partition coefficient (Wildman–Crippen LogP) is 0.957. The Labute approximate surface area is 125 Å². The van der Waals surface area contributed by atoms with Gasteiger partial charge in [0.1, 0.15) is 11.4 Å². The second kappa shape index (κ2) is 6.53. The SMILES string of the molecule is C#CCN(CC(=O)O)S(=O)(=O)c1cc([N+](=O)[O-])ccc1Cl. The van der Waals surface area contributed by atoms with Gasteiger partial charge in [-0.15, -0.1) is 6.42 Å². The van der Waals surface area contributed by atoms with E-state index in [1.807, 2.05) is 5.92 Å². The molecule has 1 aromatic rings. The first-order chi connectivity index (χ1) is 9.70. The summed E-state index contributed by atoms with van der Waals surface area (Å²) in [6.07, 6.45) is 5.01. The molecule has 0 aliphatic carbocycles. The molecule has 21 heavy (non-hydrogen) atoms. The summed E-state index contributed by atoms with van der Waals surface area (Å²) in [7, 11) is -4.37. The average Bonchev–Trinajstić information content (AvgIpc) is 2.37. The van der Waals surface area contributed by atoms with Gasteiger partial charge in [0, 0.05) is 12.1 Å². The summed E-state index contributed by atoms with van der Waals surface area (Å²) in [5, 5.41) is 19.1. The molecular formula is C11H9ClN2O6S. The summed E-state index contributed by atoms with van der Waals surface area (Å²) in [6.45, 7) is -1.39. The third kappa shape index (κ3) is 3.91. The maximum absolute atomic E-state index is 12.3. The highest BCUT2D eigenvalue weighted by molar-refractivity contribution is 7.89. The molecule has 0 spiro atoms. The molecule has 112 valence electrons. The molecule has 0 aliphatic heterocycles. The third-order valence-corrected chi connectivity index (χ3v) is 4.60. The van der Waals surface area contributed by atoms with Crippen LogP contribution in [0.4, 0.5) is 5.69 Å². The summed E-state index contributed by atoms with van der Waals surface area (Å²) in [6, 6.07) is 2.83. The van der Waals surface area contributed by atoms with Crippen molar-refractivity contribution in [2.24, 2.45) is 0 Å². The fourth-order valence-electron chi connectivity index (χ4n) is 1.42. The van der Waals surface area contributed by atoms with E-state index < -0.39 is 44.6 Å². The number of halogens is 1. The monoisotopic (exact) mass is 332 g/mol. The van der Waals surface area contributed by atoms with Gasteiger partial charge < -0.3 is 5.11 Å². The van der Waals surface area contributed by atoms with Crippen LogP contribution in [-0.4, -0.2) is 41.8 Å². The van der Waals surface area contributed by atoms with Gasteiger partial charge in [-0.1, -0.05) is 17.5 Å². The van der Waals surface area contributed by atoms with Gasteiger partial charge in [-0.25, -0.2) is 8.42 Å². The van der Waals surface area contributed by atoms with Crippen LogP contribution in [0.2, 0.25) is 5.02 Å². The molecule has 0 aliphatic rings. The van der Waals surface area contributed by atoms with Crippen molar-refractivity contribution in [3.8, 4) is 12.3 Å². The van der Waals surface area contributed by atoms with Crippen LogP contribution in [0.15, 0.2) is 23.1 Å². The van der Waals surface area contributed by atoms with Gasteiger partial charge in [0.05, 0.1) is 16.5 Å². The summed E-state index contributed by atoms with van der Waals surface area (Å²) in [4.78, 5) is 20.0. The second-order valence-electron chi connectivity index (χ2n) is 3.74. The predicted molar refractivity (Wildman–Crippen MR) is 73.3 cm³/mol. The number of rotatable bonds is 6. The number of hydrogen-bond acceptors (Lipinski definition) is 5. The Morgan fingerprint density at radius 2 is 2.14 bits per heavy atom. The summed E-state index contributed by atoms with van der Waals surface area (Å²) in [5.74, 6) is 0.591. The molecular weight excluding hydrogens is 324 g/mol. The van der Waals surface area contributed by atoms with Gasteiger partial charge in [-0.3, -0.25) is 14.9 Å². The minimum atomic E-state index is -4.37. The van der Waals surface area contributed by atoms with Gasteiger partial charge in [0.25, 0.3) is 5.69 Å². The van der Waals surface area contributed by atoms with Crippen LogP contribution < -0.4 is 0 Å². The van der Waals surface area contributed by atoms with E-state index in [1.165, 1.54) is 0 Å². The normalized spacial score (nSPS) is 11.1. The number of carboxylic acid groups (broad SMARTS) is 1. The van der Waals surface area contributed by atoms with Crippen molar-refractivity contribution in [1.82, 2.24) is 4.31 Å². The largest absolute Gasteiger partial charge is 0.480 e. The number of nitrogens with zero attached hydrogens (tertiary/aromatic N) is 2. The number of benzene rings is 1. The zero-order valence-electron chi connectivity index (χ0n) is 10.4. The molecule has 8 nitrogen and oxygen atoms in total. The fraction of sp³-hybridized carbons (Fsp3) is 0.182. The fourth-order valence-corrected chi connectivity index (χ4v) is 3.22. The number of terminal acetylenes is 1. The Bertz CT molecular complexity index is 725. The van der Waals surface area contributed by atoms with Crippen LogP contribution in [0.25, 0.3) is 0 Å². The minimum absolute atomic E-state index is 0.270. The molecule has 0 heterocycles. The molecule has 1 aromatic carbocycles. The Hall–Kier alpha value is -2.15. The maximum Gasteiger partial charge on any atom is 0.318 e. The lowest BCUT2D eigenvalue weighted by Crippen LogP contribution is -2.36. The van der Waals surface area contributed by atoms with Crippen molar-refractivity contribution in [1.29, 1.82) is 0 Å². The molecule has 0 saturated heterocycles. The van der Waals surface area contributed by atoms with E-state index in [-0.39, 0.29) is 5.02 Å². The van der Waals surface area contributed by atoms with Crippen LogP contribution in [0, 0.1) is 22.5 Å². The van der Waals surface area contributed by atoms with Crippen molar-refractivity contribution in [3.63, 3.8) is 0 Å². The smallest absolute Gasteiger partial charge is 0.318 e. The Kier molecular flexibility index (Phi) is 5.26. The van der Waals surface area contributed by atoms with Crippen LogP contribution in [0.5, 0.6) is 0 Å². The Balaban J connectivity index is 3.40. The number of nitro groups is 1. The van der Waals surface area contributed by atoms with Crippen molar-refractivity contribution in [2.75, 3.05) is 13.1 Å². The third-order valence-electron chi connectivity index (χ3n) is 2.32. The first-order valence-electron chi connectivity index (χ1n) is 5.29. The van der Waals surface area contributed by atoms with E-state index in [9.17, 15) is 23.3 Å². The Morgan fingerprint density at radius 3 is 2.62 bits per heavy atom. The Morgan fingerprint density at radius 1 is 1.52 bits per heavy atom. The van der Waals surface area contributed by atoms with Gasteiger partial charge in [-0.05, 0) is 6.07 Å². The van der Waals surface area contributed by atoms with Gasteiger partial charge in [0.15, 0.2) is 0 Å². The number of non-ortho nitro benzene ring substituents is 1. The van der Waals surface area contributed by atoms with Crippen LogP contribution in [-0.2, 0) is 14.8 Å². The van der Waals surface area contributed by atoms with Crippen LogP contribution >= 0.6 is 11.6 Å². The summed E-state index contributed by atoms with van der Waals surface area (Å²) in [5.41, 5.74) is -0.492. The second-order valence-corrected chi connectivity index (χ2v) is 6.06. The zero-order chi connectivity index (χ0) is 16.2. The van der Waals surface area contributed by atoms with Gasteiger partial charge >= 0.3 is 5.97 Å². The van der Waals surface area contributed by atoms with E-state index in [0.29, 0.717) is 4.31 Å². The molecule has 0 fully saturated rings. The molecule has 0 atom stereocenters. The average molecular weight is 333 g/mol. The lowest BCUT2D eigenvalue weighted by Gasteiger charge is -2.18. The lowest BCUT2D eigenvalue weighted by atomic mass is 10.3. The van der Waals surface area contributed by atoms with E-state index in [2.05, 4.69) is 0 Å². The molecule has 10 heteroatoms. The summed E-state index contributed by atoms with van der Waals surface area (Å²) < 4.78 is 25.1. The number of aliphatic carboxylic acids is 1. The first kappa shape index (κ1) is 16.9. The van der Waals surface area contributed by atoms with Crippen molar-refractivity contribution >= 4 is 33.3 Å².